The van der Waals surface area contributed by atoms with Crippen molar-refractivity contribution in [3.63, 3.8) is 0 Å². The number of benzene rings is 1. The maximum atomic E-state index is 6.35. The lowest BCUT2D eigenvalue weighted by Gasteiger charge is -2.41. The normalized spacial score (nSPS) is 24.8. The molecule has 1 saturated carbocycles. The van der Waals surface area contributed by atoms with Crippen molar-refractivity contribution in [1.29, 1.82) is 0 Å². The van der Waals surface area contributed by atoms with E-state index in [9.17, 15) is 0 Å². The predicted molar refractivity (Wildman–Crippen MR) is 101 cm³/mol. The van der Waals surface area contributed by atoms with Crippen LogP contribution in [0.15, 0.2) is 47.2 Å². The zero-order chi connectivity index (χ0) is 16.4. The van der Waals surface area contributed by atoms with E-state index >= 15 is 0 Å². The molecule has 4 rings (SSSR count). The van der Waals surface area contributed by atoms with Gasteiger partial charge in [0.1, 0.15) is 0 Å². The fourth-order valence-corrected chi connectivity index (χ4v) is 4.74. The van der Waals surface area contributed by atoms with Crippen molar-refractivity contribution in [2.24, 2.45) is 5.73 Å². The Morgan fingerprint density at radius 3 is 2.67 bits per heavy atom. The molecule has 2 aromatic rings. The summed E-state index contributed by atoms with van der Waals surface area (Å²) in [5.41, 5.74) is 9.35. The van der Waals surface area contributed by atoms with Gasteiger partial charge in [-0.05, 0) is 47.2 Å². The summed E-state index contributed by atoms with van der Waals surface area (Å²) in [6.45, 7) is 5.11. The second kappa shape index (κ2) is 6.96. The molecule has 1 aliphatic carbocycles. The van der Waals surface area contributed by atoms with E-state index in [1.54, 1.807) is 11.3 Å². The molecule has 24 heavy (non-hydrogen) atoms. The van der Waals surface area contributed by atoms with E-state index in [2.05, 4.69) is 57.0 Å². The van der Waals surface area contributed by atoms with Crippen LogP contribution in [-0.4, -0.2) is 41.0 Å². The Bertz CT molecular complexity index is 638. The molecular weight excluding hydrogens is 314 g/mol. The average molecular weight is 342 g/mol. The lowest BCUT2D eigenvalue weighted by molar-refractivity contribution is 0.0806. The molecule has 1 aromatic heterocycles. The van der Waals surface area contributed by atoms with Gasteiger partial charge in [-0.25, -0.2) is 0 Å². The number of hydrogen-bond acceptors (Lipinski definition) is 4. The molecule has 128 valence electrons. The predicted octanol–water partition coefficient (Wildman–Crippen LogP) is 3.32. The number of likely N-dealkylation sites (tertiary alicyclic amines) is 1. The van der Waals surface area contributed by atoms with Crippen LogP contribution in [0.2, 0.25) is 0 Å². The quantitative estimate of drug-likeness (QED) is 0.838. The van der Waals surface area contributed by atoms with Gasteiger partial charge in [0.25, 0.3) is 0 Å². The summed E-state index contributed by atoms with van der Waals surface area (Å²) in [7, 11) is 0. The van der Waals surface area contributed by atoms with E-state index < -0.39 is 0 Å². The van der Waals surface area contributed by atoms with Gasteiger partial charge in [-0.2, -0.15) is 11.3 Å². The molecule has 2 aliphatic rings. The molecule has 1 aromatic carbocycles. The van der Waals surface area contributed by atoms with Crippen LogP contribution >= 0.6 is 11.3 Å². The summed E-state index contributed by atoms with van der Waals surface area (Å²) in [5, 5.41) is 4.47. The summed E-state index contributed by atoms with van der Waals surface area (Å²) in [4.78, 5) is 5.32. The minimum Gasteiger partial charge on any atom is -0.329 e. The first-order chi connectivity index (χ1) is 11.8. The highest BCUT2D eigenvalue weighted by Crippen LogP contribution is 2.39. The molecule has 3 nitrogen and oxygen atoms in total. The van der Waals surface area contributed by atoms with Crippen LogP contribution < -0.4 is 5.73 Å². The zero-order valence-corrected chi connectivity index (χ0v) is 15.0. The number of rotatable bonds is 7. The monoisotopic (exact) mass is 341 g/mol. The highest BCUT2D eigenvalue weighted by molar-refractivity contribution is 7.07. The first-order valence-electron chi connectivity index (χ1n) is 9.03. The lowest BCUT2D eigenvalue weighted by Crippen LogP contribution is -2.56. The van der Waals surface area contributed by atoms with Crippen molar-refractivity contribution in [2.45, 2.75) is 43.9 Å². The molecule has 0 radical (unpaired) electrons. The van der Waals surface area contributed by atoms with Gasteiger partial charge in [0, 0.05) is 44.3 Å². The van der Waals surface area contributed by atoms with Gasteiger partial charge in [-0.1, -0.05) is 30.3 Å². The van der Waals surface area contributed by atoms with E-state index in [-0.39, 0.29) is 5.54 Å². The third kappa shape index (κ3) is 3.42. The van der Waals surface area contributed by atoms with Gasteiger partial charge >= 0.3 is 0 Å². The van der Waals surface area contributed by atoms with Gasteiger partial charge in [-0.15, -0.1) is 0 Å². The zero-order valence-electron chi connectivity index (χ0n) is 14.2. The molecule has 1 atom stereocenters. The maximum absolute atomic E-state index is 6.35. The van der Waals surface area contributed by atoms with Crippen molar-refractivity contribution in [3.8, 4) is 0 Å². The summed E-state index contributed by atoms with van der Waals surface area (Å²) < 4.78 is 0. The van der Waals surface area contributed by atoms with E-state index in [4.69, 9.17) is 5.73 Å². The van der Waals surface area contributed by atoms with Crippen molar-refractivity contribution >= 4 is 11.3 Å². The molecule has 1 unspecified atom stereocenters. The van der Waals surface area contributed by atoms with Crippen LogP contribution in [0.5, 0.6) is 0 Å². The van der Waals surface area contributed by atoms with Gasteiger partial charge in [0.2, 0.25) is 0 Å². The second-order valence-electron chi connectivity index (χ2n) is 7.37. The third-order valence-electron chi connectivity index (χ3n) is 5.57. The fraction of sp³-hybridized carbons (Fsp3) is 0.500. The Labute approximate surface area is 149 Å². The van der Waals surface area contributed by atoms with E-state index in [0.29, 0.717) is 0 Å². The van der Waals surface area contributed by atoms with Crippen LogP contribution in [0.1, 0.15) is 30.4 Å². The molecule has 1 saturated heterocycles. The molecule has 0 spiro atoms. The Hall–Kier alpha value is -1.20. The molecule has 2 N–H and O–H groups in total. The maximum Gasteiger partial charge on any atom is 0.0477 e. The Morgan fingerprint density at radius 1 is 1.17 bits per heavy atom. The van der Waals surface area contributed by atoms with Gasteiger partial charge in [0.05, 0.1) is 0 Å². The minimum absolute atomic E-state index is 0.151. The number of nitrogens with zero attached hydrogens (tertiary/aromatic N) is 2. The van der Waals surface area contributed by atoms with Crippen LogP contribution in [0, 0.1) is 0 Å². The van der Waals surface area contributed by atoms with Crippen molar-refractivity contribution in [1.82, 2.24) is 9.80 Å². The molecule has 4 heteroatoms. The minimum atomic E-state index is 0.151. The first kappa shape index (κ1) is 16.3. The topological polar surface area (TPSA) is 32.5 Å². The highest BCUT2D eigenvalue weighted by Gasteiger charge is 2.47. The summed E-state index contributed by atoms with van der Waals surface area (Å²) in [6.07, 6.45) is 3.87. The molecule has 0 bridgehead atoms. The second-order valence-corrected chi connectivity index (χ2v) is 8.15. The Morgan fingerprint density at radius 2 is 2.00 bits per heavy atom. The Kier molecular flexibility index (Phi) is 4.72. The van der Waals surface area contributed by atoms with Gasteiger partial charge in [-0.3, -0.25) is 9.80 Å². The molecule has 1 aliphatic heterocycles. The standard InChI is InChI=1S/C20H27N3S/c21-15-20(23(19-6-7-19)13-18-8-11-24-14-18)9-10-22(16-20)12-17-4-2-1-3-5-17/h1-5,8,11,14,19H,6-7,9-10,12-13,15-16,21H2. The van der Waals surface area contributed by atoms with Gasteiger partial charge < -0.3 is 5.73 Å². The first-order valence-corrected chi connectivity index (χ1v) is 9.97. The van der Waals surface area contributed by atoms with E-state index in [0.717, 1.165) is 38.8 Å². The van der Waals surface area contributed by atoms with Crippen molar-refractivity contribution in [2.75, 3.05) is 19.6 Å². The summed E-state index contributed by atoms with van der Waals surface area (Å²) in [5.74, 6) is 0. The molecule has 2 fully saturated rings. The number of hydrogen-bond donors (Lipinski definition) is 1. The summed E-state index contributed by atoms with van der Waals surface area (Å²) >= 11 is 1.80. The van der Waals surface area contributed by atoms with E-state index in [1.165, 1.54) is 30.4 Å². The lowest BCUT2D eigenvalue weighted by atomic mass is 9.95. The van der Waals surface area contributed by atoms with Crippen LogP contribution in [0.3, 0.4) is 0 Å². The fourth-order valence-electron chi connectivity index (χ4n) is 4.09. The SMILES string of the molecule is NCC1(N(Cc2ccsc2)C2CC2)CCN(Cc2ccccc2)C1. The van der Waals surface area contributed by atoms with Crippen molar-refractivity contribution in [3.05, 3.63) is 58.3 Å². The van der Waals surface area contributed by atoms with Gasteiger partial charge in [0.15, 0.2) is 0 Å². The highest BCUT2D eigenvalue weighted by atomic mass is 32.1. The number of thiophene rings is 1. The van der Waals surface area contributed by atoms with Crippen LogP contribution in [0.4, 0.5) is 0 Å². The van der Waals surface area contributed by atoms with E-state index in [1.807, 2.05) is 0 Å². The largest absolute Gasteiger partial charge is 0.329 e. The molecular formula is C20H27N3S. The molecule has 0 amide bonds. The smallest absolute Gasteiger partial charge is 0.0477 e. The Balaban J connectivity index is 1.48. The van der Waals surface area contributed by atoms with Crippen molar-refractivity contribution < 1.29 is 0 Å². The molecule has 2 heterocycles. The average Bonchev–Trinajstić information content (AvgIpc) is 3.16. The number of nitrogens with two attached hydrogens (primary N) is 1. The van der Waals surface area contributed by atoms with Crippen LogP contribution in [-0.2, 0) is 13.1 Å². The van der Waals surface area contributed by atoms with Crippen LogP contribution in [0.25, 0.3) is 0 Å². The summed E-state index contributed by atoms with van der Waals surface area (Å²) in [6, 6.07) is 13.8. The third-order valence-corrected chi connectivity index (χ3v) is 6.30.